The minimum Gasteiger partial charge on any atom is -0.494 e. The van der Waals surface area contributed by atoms with Gasteiger partial charge in [-0.2, -0.15) is 5.26 Å². The summed E-state index contributed by atoms with van der Waals surface area (Å²) in [6, 6.07) is 16.8. The van der Waals surface area contributed by atoms with Gasteiger partial charge in [-0.1, -0.05) is 18.7 Å². The number of hydroxylamine groups is 1. The van der Waals surface area contributed by atoms with Crippen LogP contribution in [0.15, 0.2) is 61.4 Å². The lowest BCUT2D eigenvalue weighted by Gasteiger charge is -2.43. The molecule has 3 aromatic rings. The van der Waals surface area contributed by atoms with Gasteiger partial charge in [-0.05, 0) is 55.5 Å². The molecular formula is C36H43N9O3. The zero-order valence-corrected chi connectivity index (χ0v) is 27.5. The second-order valence-electron chi connectivity index (χ2n) is 12.9. The van der Waals surface area contributed by atoms with Crippen LogP contribution in [0.25, 0.3) is 0 Å². The van der Waals surface area contributed by atoms with E-state index in [-0.39, 0.29) is 11.9 Å². The van der Waals surface area contributed by atoms with Crippen LogP contribution in [-0.2, 0) is 9.63 Å². The maximum Gasteiger partial charge on any atom is 0.247 e. The van der Waals surface area contributed by atoms with E-state index >= 15 is 0 Å². The highest BCUT2D eigenvalue weighted by Crippen LogP contribution is 2.41. The Labute approximate surface area is 281 Å². The number of carbonyl (C=O) groups excluding carboxylic acids is 1. The van der Waals surface area contributed by atoms with Gasteiger partial charge >= 0.3 is 0 Å². The summed E-state index contributed by atoms with van der Waals surface area (Å²) in [6.45, 7) is 10.7. The molecule has 1 aliphatic carbocycles. The first kappa shape index (κ1) is 31.9. The summed E-state index contributed by atoms with van der Waals surface area (Å²) in [5.41, 5.74) is 3.83. The molecule has 2 aromatic carbocycles. The van der Waals surface area contributed by atoms with Crippen LogP contribution in [0, 0.1) is 11.3 Å². The molecule has 0 radical (unpaired) electrons. The molecule has 7 rings (SSSR count). The number of piperazine rings is 1. The Bertz CT molecular complexity index is 1670. The molecule has 4 fully saturated rings. The summed E-state index contributed by atoms with van der Waals surface area (Å²) < 4.78 is 5.87. The second kappa shape index (κ2) is 14.2. The van der Waals surface area contributed by atoms with E-state index in [2.05, 4.69) is 47.9 Å². The number of aromatic nitrogens is 2. The van der Waals surface area contributed by atoms with Crippen molar-refractivity contribution in [3.63, 3.8) is 0 Å². The van der Waals surface area contributed by atoms with Gasteiger partial charge in [-0.25, -0.2) is 15.0 Å². The number of piperidine rings is 1. The number of nitrogens with zero attached hydrogens (tertiary/aromatic N) is 7. The Kier molecular flexibility index (Phi) is 9.43. The van der Waals surface area contributed by atoms with Crippen LogP contribution < -0.4 is 25.3 Å². The summed E-state index contributed by atoms with van der Waals surface area (Å²) in [4.78, 5) is 35.2. The van der Waals surface area contributed by atoms with Gasteiger partial charge < -0.3 is 20.3 Å². The molecule has 1 amide bonds. The summed E-state index contributed by atoms with van der Waals surface area (Å²) in [5, 5.41) is 17.6. The molecule has 1 unspecified atom stereocenters. The van der Waals surface area contributed by atoms with Crippen LogP contribution in [0.1, 0.15) is 49.3 Å². The number of nitrogens with one attached hydrogen (secondary N) is 2. The number of amides is 1. The van der Waals surface area contributed by atoms with Gasteiger partial charge in [0.05, 0.1) is 48.5 Å². The Balaban J connectivity index is 1.08. The van der Waals surface area contributed by atoms with E-state index in [0.717, 1.165) is 62.7 Å². The molecule has 250 valence electrons. The fourth-order valence-corrected chi connectivity index (χ4v) is 7.25. The summed E-state index contributed by atoms with van der Waals surface area (Å²) >= 11 is 0. The highest BCUT2D eigenvalue weighted by Gasteiger charge is 2.34. The van der Waals surface area contributed by atoms with Gasteiger partial charge in [0.15, 0.2) is 5.82 Å². The maximum absolute atomic E-state index is 12.6. The van der Waals surface area contributed by atoms with Gasteiger partial charge in [0.25, 0.3) is 0 Å². The van der Waals surface area contributed by atoms with Crippen molar-refractivity contribution in [2.24, 2.45) is 0 Å². The molecule has 12 nitrogen and oxygen atoms in total. The monoisotopic (exact) mass is 649 g/mol. The molecule has 4 heterocycles. The Morgan fingerprint density at radius 2 is 1.73 bits per heavy atom. The van der Waals surface area contributed by atoms with Crippen molar-refractivity contribution in [3.8, 4) is 11.8 Å². The first-order valence-corrected chi connectivity index (χ1v) is 16.9. The van der Waals surface area contributed by atoms with Gasteiger partial charge in [0.1, 0.15) is 17.9 Å². The van der Waals surface area contributed by atoms with Gasteiger partial charge in [0.2, 0.25) is 5.91 Å². The fourth-order valence-electron chi connectivity index (χ4n) is 7.25. The Hall–Kier alpha value is -4.70. The zero-order valence-electron chi connectivity index (χ0n) is 27.5. The highest BCUT2D eigenvalue weighted by atomic mass is 16.7. The van der Waals surface area contributed by atoms with Gasteiger partial charge in [0, 0.05) is 69.9 Å². The molecule has 3 aliphatic heterocycles. The SMILES string of the molecule is C=CC(=O)Nc1cc(Nc2cc(N3OCCC3c3cccc(C#N)c3)ncn2)c(OC)cc1N1CCC(N2CCN(C3CC3)CC2)CC1. The van der Waals surface area contributed by atoms with Crippen molar-refractivity contribution >= 4 is 34.6 Å². The lowest BCUT2D eigenvalue weighted by Crippen LogP contribution is -2.53. The largest absolute Gasteiger partial charge is 0.494 e. The molecule has 4 aliphatic rings. The lowest BCUT2D eigenvalue weighted by atomic mass is 10.0. The van der Waals surface area contributed by atoms with E-state index in [9.17, 15) is 10.1 Å². The smallest absolute Gasteiger partial charge is 0.247 e. The average Bonchev–Trinajstić information content (AvgIpc) is 3.87. The number of methoxy groups -OCH3 is 1. The third-order valence-electron chi connectivity index (χ3n) is 9.94. The Morgan fingerprint density at radius 3 is 2.42 bits per heavy atom. The van der Waals surface area contributed by atoms with Crippen molar-refractivity contribution in [3.05, 3.63) is 72.6 Å². The molecule has 12 heteroatoms. The van der Waals surface area contributed by atoms with Gasteiger partial charge in [-0.15, -0.1) is 0 Å². The van der Waals surface area contributed by atoms with Crippen molar-refractivity contribution < 1.29 is 14.4 Å². The van der Waals surface area contributed by atoms with E-state index in [0.29, 0.717) is 47.0 Å². The maximum atomic E-state index is 12.6. The van der Waals surface area contributed by atoms with Crippen molar-refractivity contribution in [2.45, 2.75) is 50.2 Å². The summed E-state index contributed by atoms with van der Waals surface area (Å²) in [7, 11) is 1.64. The first-order valence-electron chi connectivity index (χ1n) is 16.9. The number of nitriles is 1. The molecule has 48 heavy (non-hydrogen) atoms. The minimum atomic E-state index is -0.280. The van der Waals surface area contributed by atoms with E-state index in [4.69, 9.17) is 9.57 Å². The second-order valence-corrected chi connectivity index (χ2v) is 12.9. The third kappa shape index (κ3) is 6.94. The van der Waals surface area contributed by atoms with E-state index in [1.54, 1.807) is 18.2 Å². The predicted octanol–water partition coefficient (Wildman–Crippen LogP) is 4.86. The number of rotatable bonds is 10. The molecule has 1 atom stereocenters. The van der Waals surface area contributed by atoms with E-state index in [1.807, 2.05) is 36.4 Å². The summed E-state index contributed by atoms with van der Waals surface area (Å²) in [5.74, 6) is 1.47. The highest BCUT2D eigenvalue weighted by molar-refractivity contribution is 6.02. The van der Waals surface area contributed by atoms with E-state index < -0.39 is 0 Å². The average molecular weight is 650 g/mol. The number of hydrogen-bond donors (Lipinski definition) is 2. The number of carbonyl (C=O) groups is 1. The lowest BCUT2D eigenvalue weighted by molar-refractivity contribution is -0.111. The standard InChI is InChI=1S/C36H43N9O3/c1-3-36(46)41-29-20-30(40-34-22-35(39-24-38-34)45-31(11-18-48-45)26-6-4-5-25(19-26)23-37)33(47-2)21-32(29)44-12-9-28(10-13-44)43-16-14-42(15-17-43)27-7-8-27/h3-6,19-22,24,27-28,31H,1,7-18H2,2H3,(H,41,46)(H,38,39,40). The van der Waals surface area contributed by atoms with Crippen molar-refractivity contribution in [2.75, 3.05) is 73.6 Å². The third-order valence-corrected chi connectivity index (χ3v) is 9.94. The molecule has 2 N–H and O–H groups in total. The van der Waals surface area contributed by atoms with Crippen LogP contribution >= 0.6 is 0 Å². The van der Waals surface area contributed by atoms with Crippen molar-refractivity contribution in [1.82, 2.24) is 19.8 Å². The zero-order chi connectivity index (χ0) is 33.0. The normalized spacial score (nSPS) is 20.7. The quantitative estimate of drug-likeness (QED) is 0.293. The molecule has 1 saturated carbocycles. The molecule has 0 bridgehead atoms. The number of ether oxygens (including phenoxy) is 1. The number of hydrogen-bond acceptors (Lipinski definition) is 11. The van der Waals surface area contributed by atoms with E-state index in [1.165, 1.54) is 38.3 Å². The predicted molar refractivity (Wildman–Crippen MR) is 185 cm³/mol. The van der Waals surface area contributed by atoms with Gasteiger partial charge in [-0.3, -0.25) is 19.4 Å². The molecule has 0 spiro atoms. The summed E-state index contributed by atoms with van der Waals surface area (Å²) in [6.07, 6.45) is 8.42. The molecular weight excluding hydrogens is 606 g/mol. The molecule has 3 saturated heterocycles. The minimum absolute atomic E-state index is 0.0907. The number of anilines is 5. The number of benzene rings is 2. The van der Waals surface area contributed by atoms with Crippen molar-refractivity contribution in [1.29, 1.82) is 5.26 Å². The van der Waals surface area contributed by atoms with Crippen LogP contribution in [0.2, 0.25) is 0 Å². The topological polar surface area (TPSA) is 122 Å². The van der Waals surface area contributed by atoms with Crippen LogP contribution in [-0.4, -0.2) is 90.7 Å². The Morgan fingerprint density at radius 1 is 0.979 bits per heavy atom. The fraction of sp³-hybridized carbons (Fsp3) is 0.444. The van der Waals surface area contributed by atoms with Crippen LogP contribution in [0.5, 0.6) is 5.75 Å². The van der Waals surface area contributed by atoms with Crippen LogP contribution in [0.3, 0.4) is 0 Å². The first-order chi connectivity index (χ1) is 23.5. The molecule has 1 aromatic heterocycles. The van der Waals surface area contributed by atoms with Crippen LogP contribution in [0.4, 0.5) is 28.7 Å².